The van der Waals surface area contributed by atoms with E-state index in [4.69, 9.17) is 5.26 Å². The number of benzene rings is 1. The monoisotopic (exact) mass is 341 g/mol. The van der Waals surface area contributed by atoms with Gasteiger partial charge in [0.15, 0.2) is 5.16 Å². The third-order valence-electron chi connectivity index (χ3n) is 3.32. The first-order valence-electron chi connectivity index (χ1n) is 7.56. The van der Waals surface area contributed by atoms with Crippen molar-refractivity contribution in [2.75, 3.05) is 11.4 Å². The number of thioether (sulfide) groups is 1. The van der Waals surface area contributed by atoms with Crippen LogP contribution in [0.25, 0.3) is 0 Å². The van der Waals surface area contributed by atoms with E-state index in [9.17, 15) is 4.79 Å². The molecule has 124 valence electrons. The van der Waals surface area contributed by atoms with Crippen molar-refractivity contribution in [1.82, 2.24) is 14.8 Å². The van der Waals surface area contributed by atoms with Crippen LogP contribution in [0.3, 0.4) is 0 Å². The molecule has 0 fully saturated rings. The van der Waals surface area contributed by atoms with Crippen molar-refractivity contribution in [3.8, 4) is 6.07 Å². The molecule has 6 nitrogen and oxygen atoms in total. The van der Waals surface area contributed by atoms with Crippen LogP contribution >= 0.6 is 11.8 Å². The molecule has 0 saturated heterocycles. The number of carbonyl (C=O) groups excluding carboxylic acids is 1. The zero-order valence-electron chi connectivity index (χ0n) is 13.5. The number of nitriles is 1. The van der Waals surface area contributed by atoms with Crippen LogP contribution in [0, 0.1) is 11.3 Å². The Labute approximate surface area is 145 Å². The van der Waals surface area contributed by atoms with Gasteiger partial charge < -0.3 is 9.47 Å². The Morgan fingerprint density at radius 3 is 2.92 bits per heavy atom. The lowest BCUT2D eigenvalue weighted by atomic mass is 10.2. The highest BCUT2D eigenvalue weighted by atomic mass is 32.2. The number of hydrogen-bond acceptors (Lipinski definition) is 5. The summed E-state index contributed by atoms with van der Waals surface area (Å²) in [6.07, 6.45) is 3.65. The van der Waals surface area contributed by atoms with Crippen LogP contribution < -0.4 is 4.90 Å². The topological polar surface area (TPSA) is 74.8 Å². The van der Waals surface area contributed by atoms with E-state index in [0.29, 0.717) is 18.2 Å². The number of rotatable bonds is 8. The predicted molar refractivity (Wildman–Crippen MR) is 94.6 cm³/mol. The third-order valence-corrected chi connectivity index (χ3v) is 4.40. The second-order valence-corrected chi connectivity index (χ2v) is 6.36. The molecular weight excluding hydrogens is 322 g/mol. The Morgan fingerprint density at radius 2 is 2.25 bits per heavy atom. The smallest absolute Gasteiger partial charge is 0.240 e. The fourth-order valence-electron chi connectivity index (χ4n) is 2.16. The standard InChI is InChI=1S/C17H19N5OS/c1-3-11-21-13-19-20-17(21)24-14(2)16(23)22(12-7-10-18)15-8-5-4-6-9-15/h3-6,8-9,13-14H,1,7,11-12H2,2H3. The Kier molecular flexibility index (Phi) is 6.58. The fraction of sp³-hybridized carbons (Fsp3) is 0.294. The maximum absolute atomic E-state index is 12.9. The van der Waals surface area contributed by atoms with Gasteiger partial charge >= 0.3 is 0 Å². The fourth-order valence-corrected chi connectivity index (χ4v) is 3.06. The predicted octanol–water partition coefficient (Wildman–Crippen LogP) is 2.89. The minimum absolute atomic E-state index is 0.0606. The van der Waals surface area contributed by atoms with Gasteiger partial charge in [-0.2, -0.15) is 5.26 Å². The average molecular weight is 341 g/mol. The first kappa shape index (κ1) is 17.8. The molecule has 1 atom stereocenters. The molecule has 0 saturated carbocycles. The van der Waals surface area contributed by atoms with Crippen molar-refractivity contribution < 1.29 is 4.79 Å². The molecule has 1 aromatic heterocycles. The summed E-state index contributed by atoms with van der Waals surface area (Å²) in [5.41, 5.74) is 0.790. The summed E-state index contributed by atoms with van der Waals surface area (Å²) in [6, 6.07) is 11.5. The minimum Gasteiger partial charge on any atom is -0.310 e. The van der Waals surface area contributed by atoms with Gasteiger partial charge in [0.25, 0.3) is 0 Å². The number of nitrogens with zero attached hydrogens (tertiary/aromatic N) is 5. The molecule has 7 heteroatoms. The molecule has 1 amide bonds. The summed E-state index contributed by atoms with van der Waals surface area (Å²) in [6.45, 7) is 6.49. The largest absolute Gasteiger partial charge is 0.310 e. The van der Waals surface area contributed by atoms with E-state index in [1.54, 1.807) is 17.3 Å². The summed E-state index contributed by atoms with van der Waals surface area (Å²) in [4.78, 5) is 14.5. The molecular formula is C17H19N5OS. The van der Waals surface area contributed by atoms with Gasteiger partial charge in [0.05, 0.1) is 17.7 Å². The Hall–Kier alpha value is -2.59. The van der Waals surface area contributed by atoms with E-state index in [1.165, 1.54) is 11.8 Å². The van der Waals surface area contributed by atoms with Crippen LogP contribution in [0.5, 0.6) is 0 Å². The lowest BCUT2D eigenvalue weighted by Crippen LogP contribution is -2.37. The van der Waals surface area contributed by atoms with Crippen LogP contribution in [-0.4, -0.2) is 32.5 Å². The van der Waals surface area contributed by atoms with Gasteiger partial charge in [-0.3, -0.25) is 4.79 Å². The van der Waals surface area contributed by atoms with Crippen LogP contribution in [0.15, 0.2) is 54.5 Å². The second-order valence-electron chi connectivity index (χ2n) is 5.05. The van der Waals surface area contributed by atoms with Gasteiger partial charge in [0.2, 0.25) is 5.91 Å². The normalized spacial score (nSPS) is 11.5. The number of anilines is 1. The van der Waals surface area contributed by atoms with Crippen LogP contribution in [0.2, 0.25) is 0 Å². The van der Waals surface area contributed by atoms with E-state index in [2.05, 4.69) is 22.8 Å². The van der Waals surface area contributed by atoms with Crippen molar-refractivity contribution in [2.24, 2.45) is 0 Å². The molecule has 2 aromatic rings. The first-order valence-corrected chi connectivity index (χ1v) is 8.44. The van der Waals surface area contributed by atoms with E-state index >= 15 is 0 Å². The van der Waals surface area contributed by atoms with E-state index < -0.39 is 0 Å². The number of carbonyl (C=O) groups is 1. The SMILES string of the molecule is C=CCn1cnnc1SC(C)C(=O)N(CCC#N)c1ccccc1. The minimum atomic E-state index is -0.350. The molecule has 0 aliphatic rings. The molecule has 24 heavy (non-hydrogen) atoms. The average Bonchev–Trinajstić information content (AvgIpc) is 3.03. The van der Waals surface area contributed by atoms with Crippen molar-refractivity contribution in [3.05, 3.63) is 49.3 Å². The second kappa shape index (κ2) is 8.89. The molecule has 1 heterocycles. The molecule has 0 radical (unpaired) electrons. The summed E-state index contributed by atoms with van der Waals surface area (Å²) >= 11 is 1.35. The number of allylic oxidation sites excluding steroid dienone is 1. The maximum Gasteiger partial charge on any atom is 0.240 e. The molecule has 0 aliphatic heterocycles. The van der Waals surface area contributed by atoms with Gasteiger partial charge in [-0.05, 0) is 19.1 Å². The lowest BCUT2D eigenvalue weighted by molar-refractivity contribution is -0.117. The Morgan fingerprint density at radius 1 is 1.50 bits per heavy atom. The van der Waals surface area contributed by atoms with Crippen molar-refractivity contribution in [3.63, 3.8) is 0 Å². The summed E-state index contributed by atoms with van der Waals surface area (Å²) < 4.78 is 1.84. The van der Waals surface area contributed by atoms with Crippen molar-refractivity contribution in [1.29, 1.82) is 5.26 Å². The molecule has 1 unspecified atom stereocenters. The summed E-state index contributed by atoms with van der Waals surface area (Å²) in [5, 5.41) is 17.1. The van der Waals surface area contributed by atoms with Crippen molar-refractivity contribution in [2.45, 2.75) is 30.3 Å². The highest BCUT2D eigenvalue weighted by molar-refractivity contribution is 8.00. The summed E-state index contributed by atoms with van der Waals surface area (Å²) in [5.74, 6) is -0.0606. The number of para-hydroxylation sites is 1. The lowest BCUT2D eigenvalue weighted by Gasteiger charge is -2.24. The Bertz CT molecular complexity index is 722. The zero-order valence-corrected chi connectivity index (χ0v) is 14.3. The van der Waals surface area contributed by atoms with E-state index in [0.717, 1.165) is 5.69 Å². The molecule has 0 bridgehead atoms. The van der Waals surface area contributed by atoms with Crippen molar-refractivity contribution >= 4 is 23.4 Å². The highest BCUT2D eigenvalue weighted by Gasteiger charge is 2.24. The number of aromatic nitrogens is 3. The van der Waals surface area contributed by atoms with E-state index in [-0.39, 0.29) is 17.6 Å². The van der Waals surface area contributed by atoms with Crippen LogP contribution in [-0.2, 0) is 11.3 Å². The third kappa shape index (κ3) is 4.46. The maximum atomic E-state index is 12.9. The quantitative estimate of drug-likeness (QED) is 0.545. The summed E-state index contributed by atoms with van der Waals surface area (Å²) in [7, 11) is 0. The van der Waals surface area contributed by atoms with Gasteiger partial charge in [0, 0.05) is 18.8 Å². The van der Waals surface area contributed by atoms with Gasteiger partial charge in [-0.1, -0.05) is 36.0 Å². The van der Waals surface area contributed by atoms with E-state index in [1.807, 2.05) is 41.8 Å². The van der Waals surface area contributed by atoms with Gasteiger partial charge in [-0.25, -0.2) is 0 Å². The molecule has 0 N–H and O–H groups in total. The first-order chi connectivity index (χ1) is 11.7. The molecule has 0 spiro atoms. The number of hydrogen-bond donors (Lipinski definition) is 0. The Balaban J connectivity index is 2.14. The zero-order chi connectivity index (χ0) is 17.4. The molecule has 2 rings (SSSR count). The van der Waals surface area contributed by atoms with Crippen LogP contribution in [0.4, 0.5) is 5.69 Å². The highest BCUT2D eigenvalue weighted by Crippen LogP contribution is 2.25. The molecule has 0 aliphatic carbocycles. The molecule has 1 aromatic carbocycles. The number of amides is 1. The van der Waals surface area contributed by atoms with Gasteiger partial charge in [-0.15, -0.1) is 16.8 Å². The van der Waals surface area contributed by atoms with Crippen LogP contribution in [0.1, 0.15) is 13.3 Å². The van der Waals surface area contributed by atoms with Gasteiger partial charge in [0.1, 0.15) is 6.33 Å².